The first-order valence-electron chi connectivity index (χ1n) is 13.2. The molecule has 35 heavy (non-hydrogen) atoms. The first-order valence-corrected chi connectivity index (χ1v) is 13.2. The zero-order chi connectivity index (χ0) is 26.1. The molecule has 0 fully saturated rings. The number of allylic oxidation sites excluding steroid dienone is 7. The van der Waals surface area contributed by atoms with Gasteiger partial charge in [-0.3, -0.25) is 0 Å². The Labute approximate surface area is 213 Å². The van der Waals surface area contributed by atoms with Gasteiger partial charge in [0.1, 0.15) is 19.7 Å². The van der Waals surface area contributed by atoms with Crippen LogP contribution in [0.5, 0.6) is 0 Å². The Balaban J connectivity index is 2.34. The second-order valence-corrected chi connectivity index (χ2v) is 10.1. The van der Waals surface area contributed by atoms with Crippen LogP contribution in [0.1, 0.15) is 104 Å². The quantitative estimate of drug-likeness (QED) is 0.239. The van der Waals surface area contributed by atoms with Crippen molar-refractivity contribution in [3.63, 3.8) is 0 Å². The highest BCUT2D eigenvalue weighted by Gasteiger charge is 2.21. The third-order valence-electron chi connectivity index (χ3n) is 7.61. The fraction of sp³-hybridized carbons (Fsp3) is 0.548. The summed E-state index contributed by atoms with van der Waals surface area (Å²) in [7, 11) is 6.59. The molecular formula is C31H43BF2O. The fourth-order valence-corrected chi connectivity index (χ4v) is 5.14. The minimum Gasteiger partial charge on any atom is -0.487 e. The summed E-state index contributed by atoms with van der Waals surface area (Å²) in [5.74, 6) is 2.03. The second-order valence-electron chi connectivity index (χ2n) is 10.1. The highest BCUT2D eigenvalue weighted by molar-refractivity contribution is 6.24. The first kappa shape index (κ1) is 29.1. The van der Waals surface area contributed by atoms with E-state index in [4.69, 9.17) is 12.6 Å². The number of rotatable bonds is 10. The predicted molar refractivity (Wildman–Crippen MR) is 146 cm³/mol. The zero-order valence-corrected chi connectivity index (χ0v) is 22.7. The highest BCUT2D eigenvalue weighted by Crippen LogP contribution is 2.34. The van der Waals surface area contributed by atoms with Gasteiger partial charge in [-0.15, -0.1) is 0 Å². The Morgan fingerprint density at radius 3 is 2.31 bits per heavy atom. The van der Waals surface area contributed by atoms with Crippen LogP contribution in [0.4, 0.5) is 8.78 Å². The van der Waals surface area contributed by atoms with Gasteiger partial charge in [0.05, 0.1) is 0 Å². The summed E-state index contributed by atoms with van der Waals surface area (Å²) < 4.78 is 33.3. The van der Waals surface area contributed by atoms with Gasteiger partial charge in [-0.1, -0.05) is 93.6 Å². The van der Waals surface area contributed by atoms with Crippen LogP contribution < -0.4 is 0 Å². The maximum atomic E-state index is 13.5. The maximum absolute atomic E-state index is 13.5. The van der Waals surface area contributed by atoms with E-state index in [0.717, 1.165) is 19.3 Å². The summed E-state index contributed by atoms with van der Waals surface area (Å²) in [6.45, 7) is 15.3. The SMILES string of the molecule is [B]C1=CC(C(C)C(C)=CC(C)C(CC)CC)=C(C)CCCC=C1OC(C)c1ccccc1C(F)F. The Kier molecular flexibility index (Phi) is 11.5. The summed E-state index contributed by atoms with van der Waals surface area (Å²) in [6, 6.07) is 6.56. The van der Waals surface area contributed by atoms with Crippen LogP contribution in [0, 0.1) is 17.8 Å². The standard InChI is InChI=1S/C31H43BF2O/c1-8-25(9-2)22(5)18-21(4)23(6)28-19-29(32)30(17-13-10-14-20(28)3)35-24(7)26-15-11-12-16-27(26)31(33)34/h11-12,15-19,22-25,31H,8-10,13-14H2,1-7H3. The van der Waals surface area contributed by atoms with Crippen molar-refractivity contribution < 1.29 is 13.5 Å². The molecule has 0 heterocycles. The van der Waals surface area contributed by atoms with Gasteiger partial charge < -0.3 is 4.74 Å². The molecule has 1 aliphatic carbocycles. The van der Waals surface area contributed by atoms with Crippen molar-refractivity contribution in [2.45, 2.75) is 93.1 Å². The van der Waals surface area contributed by atoms with Crippen LogP contribution in [0.25, 0.3) is 0 Å². The number of hydrogen-bond acceptors (Lipinski definition) is 1. The van der Waals surface area contributed by atoms with Crippen molar-refractivity contribution in [1.29, 1.82) is 0 Å². The normalized spacial score (nSPS) is 18.4. The molecule has 1 aromatic rings. The molecule has 0 amide bonds. The molecule has 0 aromatic heterocycles. The lowest BCUT2D eigenvalue weighted by atomic mass is 9.81. The second kappa shape index (κ2) is 13.9. The summed E-state index contributed by atoms with van der Waals surface area (Å²) in [6.07, 6.45) is 8.57. The molecular weight excluding hydrogens is 437 g/mol. The third kappa shape index (κ3) is 7.95. The van der Waals surface area contributed by atoms with E-state index < -0.39 is 12.5 Å². The lowest BCUT2D eigenvalue weighted by Gasteiger charge is -2.24. The minimum atomic E-state index is -2.55. The number of hydrogen-bond donors (Lipinski definition) is 0. The van der Waals surface area contributed by atoms with E-state index >= 15 is 0 Å². The molecule has 0 spiro atoms. The molecule has 2 rings (SSSR count). The number of benzene rings is 1. The van der Waals surface area contributed by atoms with E-state index in [9.17, 15) is 8.78 Å². The van der Waals surface area contributed by atoms with Gasteiger partial charge in [0.15, 0.2) is 0 Å². The van der Waals surface area contributed by atoms with Crippen LogP contribution in [-0.2, 0) is 4.74 Å². The fourth-order valence-electron chi connectivity index (χ4n) is 5.14. The molecule has 1 aromatic carbocycles. The third-order valence-corrected chi connectivity index (χ3v) is 7.61. The van der Waals surface area contributed by atoms with E-state index in [1.807, 2.05) is 12.2 Å². The summed E-state index contributed by atoms with van der Waals surface area (Å²) in [4.78, 5) is 0. The lowest BCUT2D eigenvalue weighted by Crippen LogP contribution is -2.11. The van der Waals surface area contributed by atoms with E-state index in [0.29, 0.717) is 28.6 Å². The molecule has 1 aliphatic rings. The van der Waals surface area contributed by atoms with Crippen LogP contribution in [-0.4, -0.2) is 7.85 Å². The smallest absolute Gasteiger partial charge is 0.264 e. The van der Waals surface area contributed by atoms with Crippen molar-refractivity contribution >= 4 is 7.85 Å². The van der Waals surface area contributed by atoms with E-state index in [2.05, 4.69) is 47.6 Å². The topological polar surface area (TPSA) is 9.23 Å². The Morgan fingerprint density at radius 2 is 1.71 bits per heavy atom. The molecule has 0 N–H and O–H groups in total. The molecule has 3 unspecified atom stereocenters. The summed E-state index contributed by atoms with van der Waals surface area (Å²) in [5, 5.41) is 0. The molecule has 4 heteroatoms. The zero-order valence-electron chi connectivity index (χ0n) is 22.7. The molecule has 3 atom stereocenters. The summed E-state index contributed by atoms with van der Waals surface area (Å²) >= 11 is 0. The van der Waals surface area contributed by atoms with Gasteiger partial charge >= 0.3 is 0 Å². The van der Waals surface area contributed by atoms with Crippen molar-refractivity contribution in [1.82, 2.24) is 0 Å². The van der Waals surface area contributed by atoms with Gasteiger partial charge in [-0.05, 0) is 63.5 Å². The summed E-state index contributed by atoms with van der Waals surface area (Å²) in [5.41, 5.74) is 4.97. The predicted octanol–water partition coefficient (Wildman–Crippen LogP) is 9.79. The maximum Gasteiger partial charge on any atom is 0.264 e. The van der Waals surface area contributed by atoms with Gasteiger partial charge in [0.25, 0.3) is 6.43 Å². The van der Waals surface area contributed by atoms with Crippen LogP contribution >= 0.6 is 0 Å². The van der Waals surface area contributed by atoms with Gasteiger partial charge in [-0.25, -0.2) is 8.78 Å². The molecule has 1 nitrogen and oxygen atoms in total. The van der Waals surface area contributed by atoms with Gasteiger partial charge in [-0.2, -0.15) is 0 Å². The van der Waals surface area contributed by atoms with Crippen molar-refractivity contribution in [2.75, 3.05) is 0 Å². The largest absolute Gasteiger partial charge is 0.487 e. The molecule has 190 valence electrons. The van der Waals surface area contributed by atoms with Crippen molar-refractivity contribution in [3.8, 4) is 0 Å². The molecule has 0 aliphatic heterocycles. The highest BCUT2D eigenvalue weighted by atomic mass is 19.3. The minimum absolute atomic E-state index is 0.00335. The Bertz CT molecular complexity index is 952. The molecule has 0 bridgehead atoms. The van der Waals surface area contributed by atoms with Crippen molar-refractivity contribution in [2.24, 2.45) is 17.8 Å². The Morgan fingerprint density at radius 1 is 1.09 bits per heavy atom. The number of halogens is 2. The Hall–Kier alpha value is -2.10. The molecule has 2 radical (unpaired) electrons. The van der Waals surface area contributed by atoms with E-state index in [-0.39, 0.29) is 11.5 Å². The van der Waals surface area contributed by atoms with E-state index in [1.165, 1.54) is 35.6 Å². The monoisotopic (exact) mass is 480 g/mol. The molecule has 0 saturated carbocycles. The van der Waals surface area contributed by atoms with Crippen LogP contribution in [0.3, 0.4) is 0 Å². The van der Waals surface area contributed by atoms with Crippen LogP contribution in [0.2, 0.25) is 0 Å². The van der Waals surface area contributed by atoms with Gasteiger partial charge in [0.2, 0.25) is 0 Å². The van der Waals surface area contributed by atoms with E-state index in [1.54, 1.807) is 25.1 Å². The van der Waals surface area contributed by atoms with Crippen molar-refractivity contribution in [3.05, 3.63) is 81.6 Å². The first-order chi connectivity index (χ1) is 16.6. The average Bonchev–Trinajstić information content (AvgIpc) is 2.89. The lowest BCUT2D eigenvalue weighted by molar-refractivity contribution is 0.122. The number of ether oxygens (including phenoxy) is 1. The molecule has 0 saturated heterocycles. The van der Waals surface area contributed by atoms with Crippen LogP contribution in [0.15, 0.2) is 70.4 Å². The van der Waals surface area contributed by atoms with Gasteiger partial charge in [0, 0.05) is 17.0 Å². The average molecular weight is 480 g/mol. The number of alkyl halides is 2.